The minimum absolute atomic E-state index is 0.112. The molecule has 0 saturated heterocycles. The maximum atomic E-state index is 12.7. The molecule has 0 aliphatic heterocycles. The molecule has 4 rings (SSSR count). The zero-order valence-corrected chi connectivity index (χ0v) is 21.7. The lowest BCUT2D eigenvalue weighted by atomic mass is 10.1. The number of rotatable bonds is 8. The van der Waals surface area contributed by atoms with Gasteiger partial charge >= 0.3 is 6.01 Å². The Labute approximate surface area is 223 Å². The van der Waals surface area contributed by atoms with E-state index in [0.29, 0.717) is 50.9 Å². The number of carbonyl (C=O) groups is 1. The SMILES string of the molecule is Cc1ccc(C(=O)Nc2ccc(-n3nc(OCC(C)C)nc3-c3ccc(Cl)c(Cl)c3)cc2)cc1[N+](=O)[O-]. The smallest absolute Gasteiger partial charge is 0.336 e. The van der Waals surface area contributed by atoms with Gasteiger partial charge in [-0.1, -0.05) is 43.1 Å². The molecule has 1 heterocycles. The molecule has 3 aromatic carbocycles. The van der Waals surface area contributed by atoms with Gasteiger partial charge in [-0.05, 0) is 61.4 Å². The number of ether oxygens (including phenoxy) is 1. The number of nitro groups is 1. The number of benzene rings is 3. The summed E-state index contributed by atoms with van der Waals surface area (Å²) in [4.78, 5) is 27.9. The first-order valence-corrected chi connectivity index (χ1v) is 12.1. The van der Waals surface area contributed by atoms with Gasteiger partial charge in [0, 0.05) is 28.4 Å². The van der Waals surface area contributed by atoms with Crippen LogP contribution in [0.2, 0.25) is 10.0 Å². The molecule has 4 aromatic rings. The van der Waals surface area contributed by atoms with E-state index in [9.17, 15) is 14.9 Å². The van der Waals surface area contributed by atoms with E-state index < -0.39 is 10.8 Å². The van der Waals surface area contributed by atoms with Gasteiger partial charge in [0.2, 0.25) is 0 Å². The Hall–Kier alpha value is -3.95. The maximum Gasteiger partial charge on any atom is 0.336 e. The van der Waals surface area contributed by atoms with Gasteiger partial charge < -0.3 is 10.1 Å². The summed E-state index contributed by atoms with van der Waals surface area (Å²) in [6, 6.07) is 16.7. The summed E-state index contributed by atoms with van der Waals surface area (Å²) in [6.07, 6.45) is 0. The molecule has 0 aliphatic carbocycles. The fourth-order valence-electron chi connectivity index (χ4n) is 3.43. The summed E-state index contributed by atoms with van der Waals surface area (Å²) in [6.45, 7) is 6.12. The number of nitrogens with zero attached hydrogens (tertiary/aromatic N) is 4. The van der Waals surface area contributed by atoms with Crippen LogP contribution in [0.25, 0.3) is 17.1 Å². The van der Waals surface area contributed by atoms with Crippen molar-refractivity contribution in [3.63, 3.8) is 0 Å². The van der Waals surface area contributed by atoms with Crippen LogP contribution in [0.5, 0.6) is 6.01 Å². The van der Waals surface area contributed by atoms with Gasteiger partial charge in [-0.3, -0.25) is 14.9 Å². The van der Waals surface area contributed by atoms with Gasteiger partial charge in [0.1, 0.15) is 0 Å². The van der Waals surface area contributed by atoms with Gasteiger partial charge in [0.15, 0.2) is 5.82 Å². The Kier molecular flexibility index (Phi) is 7.75. The second kappa shape index (κ2) is 11.0. The Bertz CT molecular complexity index is 1470. The number of hydrogen-bond acceptors (Lipinski definition) is 6. The molecular weight excluding hydrogens is 517 g/mol. The first-order chi connectivity index (χ1) is 17.6. The number of aryl methyl sites for hydroxylation is 1. The summed E-state index contributed by atoms with van der Waals surface area (Å²) in [7, 11) is 0. The Balaban J connectivity index is 1.61. The van der Waals surface area contributed by atoms with Crippen LogP contribution in [0.15, 0.2) is 60.7 Å². The average Bonchev–Trinajstić information content (AvgIpc) is 3.29. The highest BCUT2D eigenvalue weighted by molar-refractivity contribution is 6.42. The quantitative estimate of drug-likeness (QED) is 0.196. The number of anilines is 1. The van der Waals surface area contributed by atoms with E-state index >= 15 is 0 Å². The van der Waals surface area contributed by atoms with Crippen molar-refractivity contribution in [2.45, 2.75) is 20.8 Å². The molecule has 0 atom stereocenters. The Morgan fingerprint density at radius 1 is 1.08 bits per heavy atom. The van der Waals surface area contributed by atoms with Crippen molar-refractivity contribution in [3.05, 3.63) is 92.0 Å². The lowest BCUT2D eigenvalue weighted by Crippen LogP contribution is -2.12. The van der Waals surface area contributed by atoms with Gasteiger partial charge in [-0.15, -0.1) is 5.10 Å². The van der Waals surface area contributed by atoms with Crippen molar-refractivity contribution in [2.24, 2.45) is 5.92 Å². The molecule has 0 fully saturated rings. The summed E-state index contributed by atoms with van der Waals surface area (Å²) >= 11 is 12.3. The molecule has 0 saturated carbocycles. The topological polar surface area (TPSA) is 112 Å². The summed E-state index contributed by atoms with van der Waals surface area (Å²) in [5, 5.41) is 19.3. The summed E-state index contributed by atoms with van der Waals surface area (Å²) in [5.41, 5.74) is 2.42. The predicted octanol–water partition coefficient (Wildman–Crippen LogP) is 6.74. The monoisotopic (exact) mass is 539 g/mol. The van der Waals surface area contributed by atoms with Gasteiger partial charge in [0.25, 0.3) is 11.6 Å². The van der Waals surface area contributed by atoms with Crippen LogP contribution < -0.4 is 10.1 Å². The van der Waals surface area contributed by atoms with Crippen LogP contribution in [0, 0.1) is 23.0 Å². The third kappa shape index (κ3) is 6.07. The number of halogens is 2. The Morgan fingerprint density at radius 3 is 2.46 bits per heavy atom. The second-order valence-corrected chi connectivity index (χ2v) is 9.54. The van der Waals surface area contributed by atoms with E-state index in [0.717, 1.165) is 0 Å². The summed E-state index contributed by atoms with van der Waals surface area (Å²) in [5.74, 6) is 0.330. The van der Waals surface area contributed by atoms with Crippen LogP contribution >= 0.6 is 23.2 Å². The standard InChI is InChI=1S/C26H23Cl2N5O4/c1-15(2)14-37-26-30-24(17-6-11-21(27)22(28)12-17)32(31-26)20-9-7-19(8-10-20)29-25(34)18-5-4-16(3)23(13-18)33(35)36/h4-13,15H,14H2,1-3H3,(H,29,34). The fraction of sp³-hybridized carbons (Fsp3) is 0.192. The molecule has 1 amide bonds. The molecule has 0 bridgehead atoms. The molecule has 9 nitrogen and oxygen atoms in total. The van der Waals surface area contributed by atoms with E-state index in [4.69, 9.17) is 27.9 Å². The molecule has 1 N–H and O–H groups in total. The number of hydrogen-bond donors (Lipinski definition) is 1. The first-order valence-electron chi connectivity index (χ1n) is 11.3. The van der Waals surface area contributed by atoms with Gasteiger partial charge in [0.05, 0.1) is 27.3 Å². The molecule has 11 heteroatoms. The third-order valence-electron chi connectivity index (χ3n) is 5.35. The average molecular weight is 540 g/mol. The summed E-state index contributed by atoms with van der Waals surface area (Å²) < 4.78 is 7.35. The number of nitrogens with one attached hydrogen (secondary N) is 1. The largest absolute Gasteiger partial charge is 0.462 e. The molecule has 37 heavy (non-hydrogen) atoms. The van der Waals surface area contributed by atoms with Crippen LogP contribution in [-0.4, -0.2) is 32.2 Å². The highest BCUT2D eigenvalue weighted by Gasteiger charge is 2.18. The van der Waals surface area contributed by atoms with Crippen molar-refractivity contribution < 1.29 is 14.5 Å². The minimum Gasteiger partial charge on any atom is -0.462 e. The van der Waals surface area contributed by atoms with Crippen LogP contribution in [-0.2, 0) is 0 Å². The highest BCUT2D eigenvalue weighted by atomic mass is 35.5. The fourth-order valence-corrected chi connectivity index (χ4v) is 3.73. The normalized spacial score (nSPS) is 11.0. The molecule has 1 aromatic heterocycles. The van der Waals surface area contributed by atoms with Crippen molar-refractivity contribution in [1.29, 1.82) is 0 Å². The zero-order valence-electron chi connectivity index (χ0n) is 20.2. The van der Waals surface area contributed by atoms with Crippen molar-refractivity contribution >= 4 is 40.5 Å². The second-order valence-electron chi connectivity index (χ2n) is 8.72. The van der Waals surface area contributed by atoms with Gasteiger partial charge in [-0.25, -0.2) is 4.68 Å². The molecule has 190 valence electrons. The van der Waals surface area contributed by atoms with Crippen LogP contribution in [0.1, 0.15) is 29.8 Å². The van der Waals surface area contributed by atoms with E-state index in [-0.39, 0.29) is 17.3 Å². The van der Waals surface area contributed by atoms with E-state index in [2.05, 4.69) is 15.4 Å². The molecule has 0 radical (unpaired) electrons. The lowest BCUT2D eigenvalue weighted by Gasteiger charge is -2.09. The number of nitro benzene ring substituents is 1. The molecular formula is C26H23Cl2N5O4. The molecule has 0 spiro atoms. The van der Waals surface area contributed by atoms with Crippen molar-refractivity contribution in [3.8, 4) is 23.1 Å². The van der Waals surface area contributed by atoms with E-state index in [1.165, 1.54) is 6.07 Å². The van der Waals surface area contributed by atoms with Crippen LogP contribution in [0.4, 0.5) is 11.4 Å². The maximum absolute atomic E-state index is 12.7. The first kappa shape index (κ1) is 26.1. The predicted molar refractivity (Wildman–Crippen MR) is 143 cm³/mol. The minimum atomic E-state index is -0.510. The molecule has 0 aliphatic rings. The van der Waals surface area contributed by atoms with Gasteiger partial charge in [-0.2, -0.15) is 4.98 Å². The third-order valence-corrected chi connectivity index (χ3v) is 6.09. The Morgan fingerprint density at radius 2 is 1.81 bits per heavy atom. The lowest BCUT2D eigenvalue weighted by molar-refractivity contribution is -0.385. The van der Waals surface area contributed by atoms with Crippen LogP contribution in [0.3, 0.4) is 0 Å². The number of aromatic nitrogens is 3. The van der Waals surface area contributed by atoms with Crippen molar-refractivity contribution in [2.75, 3.05) is 11.9 Å². The molecule has 0 unspecified atom stereocenters. The van der Waals surface area contributed by atoms with E-state index in [1.54, 1.807) is 66.2 Å². The highest BCUT2D eigenvalue weighted by Crippen LogP contribution is 2.30. The number of carbonyl (C=O) groups excluding carboxylic acids is 1. The van der Waals surface area contributed by atoms with Crippen molar-refractivity contribution in [1.82, 2.24) is 14.8 Å². The van der Waals surface area contributed by atoms with E-state index in [1.807, 2.05) is 13.8 Å². The number of amides is 1. The zero-order chi connectivity index (χ0) is 26.7.